The van der Waals surface area contributed by atoms with Gasteiger partial charge < -0.3 is 10.2 Å². The zero-order chi connectivity index (χ0) is 18.0. The molecule has 1 aromatic rings. The number of likely N-dealkylation sites (tertiary alicyclic amines) is 1. The van der Waals surface area contributed by atoms with Gasteiger partial charge in [0.05, 0.1) is 0 Å². The summed E-state index contributed by atoms with van der Waals surface area (Å²) >= 11 is 0. The molecule has 5 heteroatoms. The molecular weight excluding hydrogens is 314 g/mol. The molecule has 0 unspecified atom stereocenters. The minimum absolute atomic E-state index is 0.0563. The highest BCUT2D eigenvalue weighted by molar-refractivity contribution is 6.08. The Bertz CT molecular complexity index is 680. The minimum atomic E-state index is -0.112. The maximum atomic E-state index is 12.5. The maximum Gasteiger partial charge on any atom is 0.255 e. The van der Waals surface area contributed by atoms with Gasteiger partial charge in [0.2, 0.25) is 0 Å². The zero-order valence-electron chi connectivity index (χ0n) is 14.9. The van der Waals surface area contributed by atoms with Crippen LogP contribution in [0.2, 0.25) is 0 Å². The third-order valence-corrected chi connectivity index (χ3v) is 4.91. The summed E-state index contributed by atoms with van der Waals surface area (Å²) in [4.78, 5) is 28.3. The Labute approximate surface area is 149 Å². The number of carbonyl (C=O) groups is 2. The number of hydrogen-bond donors (Lipinski definition) is 1. The van der Waals surface area contributed by atoms with Crippen LogP contribution in [0.15, 0.2) is 48.7 Å². The highest BCUT2D eigenvalue weighted by Crippen LogP contribution is 2.24. The fourth-order valence-corrected chi connectivity index (χ4v) is 3.34. The summed E-state index contributed by atoms with van der Waals surface area (Å²) in [6.07, 6.45) is 5.14. The summed E-state index contributed by atoms with van der Waals surface area (Å²) in [5.74, 6) is -0.168. The van der Waals surface area contributed by atoms with Crippen molar-refractivity contribution in [2.45, 2.75) is 38.8 Å². The van der Waals surface area contributed by atoms with E-state index >= 15 is 0 Å². The van der Waals surface area contributed by atoms with Crippen LogP contribution in [0.25, 0.3) is 0 Å². The number of allylic oxidation sites excluding steroid dienone is 1. The van der Waals surface area contributed by atoms with Crippen molar-refractivity contribution in [3.8, 4) is 0 Å². The summed E-state index contributed by atoms with van der Waals surface area (Å²) in [7, 11) is 0. The van der Waals surface area contributed by atoms with E-state index in [1.807, 2.05) is 0 Å². The highest BCUT2D eigenvalue weighted by atomic mass is 16.2. The van der Waals surface area contributed by atoms with Crippen molar-refractivity contribution in [2.24, 2.45) is 0 Å². The molecule has 0 saturated carbocycles. The molecule has 0 aromatic heterocycles. The number of piperidine rings is 1. The summed E-state index contributed by atoms with van der Waals surface area (Å²) in [6, 6.07) is 7.87. The van der Waals surface area contributed by atoms with E-state index in [-0.39, 0.29) is 17.9 Å². The van der Waals surface area contributed by atoms with Gasteiger partial charge in [0.25, 0.3) is 11.8 Å². The van der Waals surface area contributed by atoms with Gasteiger partial charge in [-0.15, -0.1) is 0 Å². The van der Waals surface area contributed by atoms with Crippen molar-refractivity contribution >= 4 is 17.5 Å². The smallest absolute Gasteiger partial charge is 0.255 e. The van der Waals surface area contributed by atoms with Crippen LogP contribution >= 0.6 is 0 Å². The average molecular weight is 339 g/mol. The van der Waals surface area contributed by atoms with Crippen LogP contribution in [0, 0.1) is 0 Å². The molecule has 0 spiro atoms. The lowest BCUT2D eigenvalue weighted by Crippen LogP contribution is -2.46. The second kappa shape index (κ2) is 7.23. The summed E-state index contributed by atoms with van der Waals surface area (Å²) in [6.45, 7) is 10.3. The molecule has 0 radical (unpaired) electrons. The molecule has 1 saturated heterocycles. The van der Waals surface area contributed by atoms with Crippen molar-refractivity contribution in [1.29, 1.82) is 0 Å². The summed E-state index contributed by atoms with van der Waals surface area (Å²) in [5.41, 5.74) is 1.97. The molecular formula is C20H25N3O2. The van der Waals surface area contributed by atoms with E-state index < -0.39 is 0 Å². The van der Waals surface area contributed by atoms with Gasteiger partial charge in [0.15, 0.2) is 0 Å². The third kappa shape index (κ3) is 3.82. The Morgan fingerprint density at radius 2 is 1.80 bits per heavy atom. The van der Waals surface area contributed by atoms with E-state index in [0.29, 0.717) is 17.3 Å². The zero-order valence-corrected chi connectivity index (χ0v) is 14.9. The van der Waals surface area contributed by atoms with E-state index in [1.165, 1.54) is 11.0 Å². The van der Waals surface area contributed by atoms with Crippen LogP contribution in [0.4, 0.5) is 5.69 Å². The molecule has 0 aliphatic carbocycles. The average Bonchev–Trinajstić information content (AvgIpc) is 2.94. The molecule has 5 nitrogen and oxygen atoms in total. The summed E-state index contributed by atoms with van der Waals surface area (Å²) < 4.78 is 0. The largest absolute Gasteiger partial charge is 0.349 e. The molecule has 0 bridgehead atoms. The highest BCUT2D eigenvalue weighted by Gasteiger charge is 2.23. The number of carbonyl (C=O) groups excluding carboxylic acids is 2. The molecule has 1 N–H and O–H groups in total. The van der Waals surface area contributed by atoms with Crippen molar-refractivity contribution in [3.63, 3.8) is 0 Å². The van der Waals surface area contributed by atoms with Crippen molar-refractivity contribution in [1.82, 2.24) is 10.2 Å². The first-order chi connectivity index (χ1) is 12.0. The first-order valence-corrected chi connectivity index (χ1v) is 8.82. The number of nitrogens with one attached hydrogen (secondary N) is 1. The Kier molecular flexibility index (Phi) is 5.04. The van der Waals surface area contributed by atoms with Gasteiger partial charge >= 0.3 is 0 Å². The number of anilines is 1. The van der Waals surface area contributed by atoms with Crippen LogP contribution in [0.1, 0.15) is 37.0 Å². The molecule has 2 amide bonds. The van der Waals surface area contributed by atoms with E-state index in [4.69, 9.17) is 0 Å². The van der Waals surface area contributed by atoms with Crippen LogP contribution < -0.4 is 10.2 Å². The number of rotatable bonds is 4. The molecule has 1 aromatic carbocycles. The summed E-state index contributed by atoms with van der Waals surface area (Å²) in [5, 5.41) is 3.13. The fourth-order valence-electron chi connectivity index (χ4n) is 3.34. The molecule has 25 heavy (non-hydrogen) atoms. The molecule has 1 fully saturated rings. The van der Waals surface area contributed by atoms with E-state index in [2.05, 4.69) is 30.6 Å². The lowest BCUT2D eigenvalue weighted by Gasteiger charge is -2.34. The number of hydrogen-bond acceptors (Lipinski definition) is 3. The Morgan fingerprint density at radius 1 is 1.16 bits per heavy atom. The topological polar surface area (TPSA) is 52.7 Å². The molecule has 3 rings (SSSR count). The molecule has 2 aliphatic rings. The number of nitrogens with zero attached hydrogens (tertiary/aromatic N) is 2. The molecule has 2 aliphatic heterocycles. The third-order valence-electron chi connectivity index (χ3n) is 4.91. The van der Waals surface area contributed by atoms with Gasteiger partial charge in [-0.05, 0) is 57.0 Å². The van der Waals surface area contributed by atoms with Gasteiger partial charge in [0.1, 0.15) is 0 Å². The second-order valence-corrected chi connectivity index (χ2v) is 6.92. The van der Waals surface area contributed by atoms with Gasteiger partial charge in [-0.3, -0.25) is 14.5 Å². The van der Waals surface area contributed by atoms with Crippen molar-refractivity contribution < 1.29 is 9.59 Å². The van der Waals surface area contributed by atoms with Crippen LogP contribution in [0.3, 0.4) is 0 Å². The van der Waals surface area contributed by atoms with Crippen molar-refractivity contribution in [2.75, 3.05) is 18.0 Å². The normalized spacial score (nSPS) is 19.1. The molecule has 132 valence electrons. The first kappa shape index (κ1) is 17.4. The second-order valence-electron chi connectivity index (χ2n) is 6.92. The molecule has 0 atom stereocenters. The Balaban J connectivity index is 1.58. The Hall–Kier alpha value is -2.40. The predicted octanol–water partition coefficient (Wildman–Crippen LogP) is 2.71. The molecule has 2 heterocycles. The van der Waals surface area contributed by atoms with Gasteiger partial charge in [-0.2, -0.15) is 0 Å². The van der Waals surface area contributed by atoms with Gasteiger partial charge in [-0.1, -0.05) is 6.58 Å². The van der Waals surface area contributed by atoms with E-state index in [1.54, 1.807) is 30.3 Å². The number of benzene rings is 1. The van der Waals surface area contributed by atoms with Gasteiger partial charge in [-0.25, -0.2) is 0 Å². The monoisotopic (exact) mass is 339 g/mol. The van der Waals surface area contributed by atoms with E-state index in [9.17, 15) is 9.59 Å². The van der Waals surface area contributed by atoms with Crippen molar-refractivity contribution in [3.05, 3.63) is 54.3 Å². The van der Waals surface area contributed by atoms with Crippen LogP contribution in [-0.4, -0.2) is 41.9 Å². The SMILES string of the molecule is C=C1C=CC(=O)N1c1ccc(C(=O)NC2CCN(C(C)C)CC2)cc1. The first-order valence-electron chi connectivity index (χ1n) is 8.82. The lowest BCUT2D eigenvalue weighted by molar-refractivity contribution is -0.113. The van der Waals surface area contributed by atoms with Crippen LogP contribution in [-0.2, 0) is 4.79 Å². The standard InChI is InChI=1S/C20H25N3O2/c1-14(2)22-12-10-17(11-13-22)21-20(25)16-5-7-18(8-6-16)23-15(3)4-9-19(23)24/h4-9,14,17H,3,10-13H2,1-2H3,(H,21,25). The minimum Gasteiger partial charge on any atom is -0.349 e. The fraction of sp³-hybridized carbons (Fsp3) is 0.400. The Morgan fingerprint density at radius 3 is 2.32 bits per heavy atom. The maximum absolute atomic E-state index is 12.5. The quantitative estimate of drug-likeness (QED) is 0.918. The van der Waals surface area contributed by atoms with E-state index in [0.717, 1.165) is 31.6 Å². The predicted molar refractivity (Wildman–Crippen MR) is 99.4 cm³/mol. The number of amides is 2. The van der Waals surface area contributed by atoms with Crippen LogP contribution in [0.5, 0.6) is 0 Å². The van der Waals surface area contributed by atoms with Gasteiger partial charge in [0, 0.05) is 48.2 Å². The lowest BCUT2D eigenvalue weighted by atomic mass is 10.0.